The average molecular weight is 284 g/mol. The number of aliphatic carboxylic acids is 1. The molecule has 0 saturated carbocycles. The zero-order valence-corrected chi connectivity index (χ0v) is 10.5. The number of hydrogen-bond acceptors (Lipinski definition) is 2. The molecular formula is C12H14BrNO2. The van der Waals surface area contributed by atoms with Crippen molar-refractivity contribution in [1.82, 2.24) is 0 Å². The quantitative estimate of drug-likeness (QED) is 0.838. The van der Waals surface area contributed by atoms with Crippen LogP contribution in [0.3, 0.4) is 0 Å². The first-order valence-corrected chi connectivity index (χ1v) is 6.22. The van der Waals surface area contributed by atoms with Crippen molar-refractivity contribution in [1.29, 1.82) is 0 Å². The van der Waals surface area contributed by atoms with E-state index in [1.807, 2.05) is 29.6 Å². The van der Waals surface area contributed by atoms with Crippen molar-refractivity contribution in [2.45, 2.75) is 24.8 Å². The molecule has 1 saturated heterocycles. The number of carbonyl (C=O) groups excluding carboxylic acids is 1. The van der Waals surface area contributed by atoms with Gasteiger partial charge < -0.3 is 15.2 Å². The molecule has 3 nitrogen and oxygen atoms in total. The number of benzene rings is 1. The molecule has 2 rings (SSSR count). The molecule has 1 atom stereocenters. The van der Waals surface area contributed by atoms with Crippen LogP contribution in [-0.2, 0) is 11.2 Å². The van der Waals surface area contributed by atoms with E-state index in [0.717, 1.165) is 23.0 Å². The van der Waals surface area contributed by atoms with Crippen molar-refractivity contribution < 1.29 is 15.2 Å². The molecule has 1 aromatic rings. The summed E-state index contributed by atoms with van der Waals surface area (Å²) in [6.45, 7) is 0.879. The average Bonchev–Trinajstić information content (AvgIpc) is 2.71. The predicted molar refractivity (Wildman–Crippen MR) is 61.6 cm³/mol. The van der Waals surface area contributed by atoms with E-state index in [1.54, 1.807) is 0 Å². The largest absolute Gasteiger partial charge is 0.544 e. The molecule has 2 N–H and O–H groups in total. The van der Waals surface area contributed by atoms with Crippen LogP contribution < -0.4 is 10.4 Å². The fourth-order valence-electron chi connectivity index (χ4n) is 2.28. The van der Waals surface area contributed by atoms with Gasteiger partial charge in [-0.25, -0.2) is 0 Å². The lowest BCUT2D eigenvalue weighted by atomic mass is 9.89. The first kappa shape index (κ1) is 11.6. The Kier molecular flexibility index (Phi) is 3.30. The van der Waals surface area contributed by atoms with Crippen LogP contribution in [-0.4, -0.2) is 18.1 Å². The van der Waals surface area contributed by atoms with Crippen LogP contribution in [0.15, 0.2) is 28.7 Å². The Morgan fingerprint density at radius 2 is 2.12 bits per heavy atom. The normalized spacial score (nSPS) is 24.6. The molecule has 16 heavy (non-hydrogen) atoms. The molecule has 0 radical (unpaired) electrons. The van der Waals surface area contributed by atoms with Crippen LogP contribution in [0.1, 0.15) is 18.4 Å². The molecule has 0 spiro atoms. The van der Waals surface area contributed by atoms with Crippen molar-refractivity contribution in [3.05, 3.63) is 34.3 Å². The Balaban J connectivity index is 2.18. The highest BCUT2D eigenvalue weighted by Gasteiger charge is 2.39. The fourth-order valence-corrected chi connectivity index (χ4v) is 2.55. The maximum atomic E-state index is 11.2. The maximum Gasteiger partial charge on any atom is 0.140 e. The Labute approximate surface area is 103 Å². The van der Waals surface area contributed by atoms with E-state index in [9.17, 15) is 9.90 Å². The zero-order valence-electron chi connectivity index (χ0n) is 8.91. The van der Waals surface area contributed by atoms with E-state index in [0.29, 0.717) is 12.8 Å². The maximum absolute atomic E-state index is 11.2. The van der Waals surface area contributed by atoms with Gasteiger partial charge in [-0.1, -0.05) is 28.1 Å². The van der Waals surface area contributed by atoms with Gasteiger partial charge in [-0.2, -0.15) is 0 Å². The van der Waals surface area contributed by atoms with Gasteiger partial charge in [0.2, 0.25) is 0 Å². The molecule has 0 aromatic heterocycles. The van der Waals surface area contributed by atoms with Crippen LogP contribution in [0.5, 0.6) is 0 Å². The summed E-state index contributed by atoms with van der Waals surface area (Å²) in [5.41, 5.74) is 0.305. The van der Waals surface area contributed by atoms with E-state index >= 15 is 0 Å². The molecule has 4 heteroatoms. The highest BCUT2D eigenvalue weighted by Crippen LogP contribution is 2.19. The molecule has 0 amide bonds. The minimum absolute atomic E-state index is 0.544. The van der Waals surface area contributed by atoms with Crippen molar-refractivity contribution >= 4 is 21.9 Å². The van der Waals surface area contributed by atoms with Crippen LogP contribution >= 0.6 is 15.9 Å². The minimum atomic E-state index is -0.937. The van der Waals surface area contributed by atoms with Gasteiger partial charge in [0, 0.05) is 23.7 Å². The number of quaternary nitrogens is 1. The standard InChI is InChI=1S/C12H14BrNO2/c13-10-4-2-9(3-5-10)8-12(11(15)16)6-1-7-14-12/h2-5,14H,1,6-8H2,(H,15,16)/t12-/m0/s1. The molecular weight excluding hydrogens is 270 g/mol. The van der Waals surface area contributed by atoms with Gasteiger partial charge in [-0.05, 0) is 17.7 Å². The van der Waals surface area contributed by atoms with Gasteiger partial charge in [0.15, 0.2) is 0 Å². The highest BCUT2D eigenvalue weighted by atomic mass is 79.9. The molecule has 1 fully saturated rings. The summed E-state index contributed by atoms with van der Waals surface area (Å²) < 4.78 is 1.01. The number of halogens is 1. The van der Waals surface area contributed by atoms with Crippen LogP contribution in [0.25, 0.3) is 0 Å². The van der Waals surface area contributed by atoms with Crippen LogP contribution in [0.4, 0.5) is 0 Å². The van der Waals surface area contributed by atoms with E-state index in [-0.39, 0.29) is 0 Å². The lowest BCUT2D eigenvalue weighted by Gasteiger charge is -2.27. The SMILES string of the molecule is O=C([O-])[C@@]1(Cc2ccc(Br)cc2)CCC[NH2+]1. The third-order valence-electron chi connectivity index (χ3n) is 3.20. The van der Waals surface area contributed by atoms with E-state index in [2.05, 4.69) is 15.9 Å². The Morgan fingerprint density at radius 3 is 2.62 bits per heavy atom. The van der Waals surface area contributed by atoms with Gasteiger partial charge in [0.1, 0.15) is 11.5 Å². The highest BCUT2D eigenvalue weighted by molar-refractivity contribution is 9.10. The van der Waals surface area contributed by atoms with Crippen molar-refractivity contribution in [2.75, 3.05) is 6.54 Å². The molecule has 86 valence electrons. The first-order chi connectivity index (χ1) is 7.62. The van der Waals surface area contributed by atoms with E-state index in [1.165, 1.54) is 0 Å². The smallest absolute Gasteiger partial charge is 0.140 e. The third-order valence-corrected chi connectivity index (χ3v) is 3.73. The molecule has 1 heterocycles. The second-order valence-electron chi connectivity index (χ2n) is 4.34. The molecule has 1 aliphatic rings. The monoisotopic (exact) mass is 283 g/mol. The van der Waals surface area contributed by atoms with Gasteiger partial charge in [-0.15, -0.1) is 0 Å². The molecule has 1 aromatic carbocycles. The van der Waals surface area contributed by atoms with Gasteiger partial charge in [-0.3, -0.25) is 0 Å². The second kappa shape index (κ2) is 4.55. The van der Waals surface area contributed by atoms with Gasteiger partial charge in [0.25, 0.3) is 0 Å². The lowest BCUT2D eigenvalue weighted by Crippen LogP contribution is -2.97. The number of carbonyl (C=O) groups is 1. The van der Waals surface area contributed by atoms with Crippen LogP contribution in [0.2, 0.25) is 0 Å². The summed E-state index contributed by atoms with van der Waals surface area (Å²) in [5.74, 6) is -0.937. The third kappa shape index (κ3) is 2.28. The Morgan fingerprint density at radius 1 is 1.44 bits per heavy atom. The number of nitrogens with two attached hydrogens (primary N) is 1. The number of carboxylic acid groups (broad SMARTS) is 1. The molecule has 1 aliphatic heterocycles. The summed E-state index contributed by atoms with van der Waals surface area (Å²) in [4.78, 5) is 11.2. The Hall–Kier alpha value is -0.870. The molecule has 0 bridgehead atoms. The van der Waals surface area contributed by atoms with Crippen molar-refractivity contribution in [2.24, 2.45) is 0 Å². The number of hydrogen-bond donors (Lipinski definition) is 1. The number of rotatable bonds is 3. The fraction of sp³-hybridized carbons (Fsp3) is 0.417. The second-order valence-corrected chi connectivity index (χ2v) is 5.26. The molecule has 0 unspecified atom stereocenters. The van der Waals surface area contributed by atoms with Crippen LogP contribution in [0, 0.1) is 0 Å². The van der Waals surface area contributed by atoms with E-state index in [4.69, 9.17) is 0 Å². The number of carboxylic acids is 1. The van der Waals surface area contributed by atoms with Crippen molar-refractivity contribution in [3.63, 3.8) is 0 Å². The Bertz CT molecular complexity index is 383. The van der Waals surface area contributed by atoms with E-state index < -0.39 is 11.5 Å². The molecule has 0 aliphatic carbocycles. The summed E-state index contributed by atoms with van der Waals surface area (Å²) in [6.07, 6.45) is 2.19. The summed E-state index contributed by atoms with van der Waals surface area (Å²) in [6, 6.07) is 7.79. The van der Waals surface area contributed by atoms with Gasteiger partial charge >= 0.3 is 0 Å². The summed E-state index contributed by atoms with van der Waals surface area (Å²) >= 11 is 3.36. The predicted octanol–water partition coefficient (Wildman–Crippen LogP) is -0.163. The topological polar surface area (TPSA) is 56.7 Å². The lowest BCUT2D eigenvalue weighted by molar-refractivity contribution is -0.700. The van der Waals surface area contributed by atoms with Crippen molar-refractivity contribution in [3.8, 4) is 0 Å². The minimum Gasteiger partial charge on any atom is -0.544 e. The summed E-state index contributed by atoms with van der Waals surface area (Å²) in [7, 11) is 0. The summed E-state index contributed by atoms with van der Waals surface area (Å²) in [5, 5.41) is 13.2. The zero-order chi connectivity index (χ0) is 11.6. The van der Waals surface area contributed by atoms with Gasteiger partial charge in [0.05, 0.1) is 6.54 Å². The first-order valence-electron chi connectivity index (χ1n) is 5.43.